The number of benzene rings is 1. The third kappa shape index (κ3) is 5.94. The molecule has 1 aromatic carbocycles. The summed E-state index contributed by atoms with van der Waals surface area (Å²) in [6, 6.07) is 13.5. The highest BCUT2D eigenvalue weighted by molar-refractivity contribution is 5.77. The minimum absolute atomic E-state index is 0.0152. The Balaban J connectivity index is 1.19. The number of amides is 1. The van der Waals surface area contributed by atoms with Crippen molar-refractivity contribution in [2.75, 3.05) is 57.4 Å². The van der Waals surface area contributed by atoms with Crippen molar-refractivity contribution in [1.82, 2.24) is 15.2 Å². The molecule has 2 N–H and O–H groups in total. The van der Waals surface area contributed by atoms with Crippen LogP contribution in [0.3, 0.4) is 0 Å². The van der Waals surface area contributed by atoms with Crippen LogP contribution in [0.2, 0.25) is 0 Å². The largest absolute Gasteiger partial charge is 0.484 e. The Morgan fingerprint density at radius 1 is 1.16 bits per heavy atom. The molecular formula is C23H30N4O4. The number of hydrogen-bond donors (Lipinski definition) is 2. The van der Waals surface area contributed by atoms with Crippen molar-refractivity contribution < 1.29 is 19.4 Å². The molecule has 8 nitrogen and oxygen atoms in total. The second-order valence-corrected chi connectivity index (χ2v) is 8.11. The summed E-state index contributed by atoms with van der Waals surface area (Å²) in [7, 11) is 0. The fourth-order valence-electron chi connectivity index (χ4n) is 3.93. The number of nitrogens with one attached hydrogen (secondary N) is 1. The van der Waals surface area contributed by atoms with E-state index in [1.165, 1.54) is 0 Å². The van der Waals surface area contributed by atoms with Gasteiger partial charge in [-0.25, -0.2) is 4.98 Å². The van der Waals surface area contributed by atoms with Gasteiger partial charge in [0, 0.05) is 45.5 Å². The molecule has 1 aromatic heterocycles. The van der Waals surface area contributed by atoms with E-state index in [4.69, 9.17) is 9.47 Å². The summed E-state index contributed by atoms with van der Waals surface area (Å²) in [5.74, 6) is 1.56. The molecule has 2 fully saturated rings. The average Bonchev–Trinajstić information content (AvgIpc) is 3.21. The quantitative estimate of drug-likeness (QED) is 0.652. The van der Waals surface area contributed by atoms with Crippen molar-refractivity contribution >= 4 is 11.7 Å². The minimum atomic E-state index is -0.763. The van der Waals surface area contributed by atoms with Crippen molar-refractivity contribution in [3.63, 3.8) is 0 Å². The lowest BCUT2D eigenvalue weighted by molar-refractivity contribution is -0.137. The van der Waals surface area contributed by atoms with Gasteiger partial charge >= 0.3 is 0 Å². The third-order valence-electron chi connectivity index (χ3n) is 5.74. The number of rotatable bonds is 8. The van der Waals surface area contributed by atoms with E-state index in [2.05, 4.69) is 15.2 Å². The summed E-state index contributed by atoms with van der Waals surface area (Å²) in [6.45, 7) is 5.00. The number of carbonyl (C=O) groups excluding carboxylic acids is 1. The lowest BCUT2D eigenvalue weighted by atomic mass is 10.0. The van der Waals surface area contributed by atoms with Gasteiger partial charge in [-0.3, -0.25) is 4.79 Å². The highest BCUT2D eigenvalue weighted by atomic mass is 16.5. The summed E-state index contributed by atoms with van der Waals surface area (Å²) in [4.78, 5) is 20.4. The number of aliphatic hydroxyl groups is 1. The van der Waals surface area contributed by atoms with Crippen LogP contribution in [0.15, 0.2) is 48.7 Å². The van der Waals surface area contributed by atoms with E-state index < -0.39 is 5.60 Å². The second-order valence-electron chi connectivity index (χ2n) is 8.11. The molecule has 0 radical (unpaired) electrons. The molecule has 2 aliphatic heterocycles. The molecule has 4 rings (SSSR count). The monoisotopic (exact) mass is 426 g/mol. The fraction of sp³-hybridized carbons (Fsp3) is 0.478. The molecule has 3 heterocycles. The summed E-state index contributed by atoms with van der Waals surface area (Å²) in [5, 5.41) is 14.2. The van der Waals surface area contributed by atoms with Crippen LogP contribution in [0, 0.1) is 0 Å². The van der Waals surface area contributed by atoms with Gasteiger partial charge in [0.05, 0.1) is 18.8 Å². The predicted molar refractivity (Wildman–Crippen MR) is 117 cm³/mol. The van der Waals surface area contributed by atoms with Gasteiger partial charge in [0.25, 0.3) is 5.91 Å². The average molecular weight is 427 g/mol. The van der Waals surface area contributed by atoms with E-state index in [0.717, 1.165) is 17.9 Å². The van der Waals surface area contributed by atoms with Crippen molar-refractivity contribution in [2.45, 2.75) is 18.6 Å². The molecular weight excluding hydrogens is 396 g/mol. The molecule has 0 saturated carbocycles. The predicted octanol–water partition coefficient (Wildman–Crippen LogP) is 1.05. The van der Waals surface area contributed by atoms with Crippen LogP contribution in [0.25, 0.3) is 0 Å². The standard InChI is InChI=1S/C23H30N4O4/c28-22(26-11-13-30-14-12-26)16-31-20-6-4-19(5-7-20)15-24-17-23(29)8-10-27(18-23)21-3-1-2-9-25-21/h1-7,9,24,29H,8,10-18H2/t23-/m1/s1. The molecule has 2 aliphatic rings. The first-order chi connectivity index (χ1) is 15.1. The number of aromatic nitrogens is 1. The Kier molecular flexibility index (Phi) is 7.01. The van der Waals surface area contributed by atoms with E-state index >= 15 is 0 Å². The number of pyridine rings is 1. The van der Waals surface area contributed by atoms with Crippen LogP contribution in [-0.4, -0.2) is 79.0 Å². The second kappa shape index (κ2) is 10.1. The maximum absolute atomic E-state index is 12.2. The third-order valence-corrected chi connectivity index (χ3v) is 5.74. The van der Waals surface area contributed by atoms with E-state index in [1.807, 2.05) is 42.5 Å². The summed E-state index contributed by atoms with van der Waals surface area (Å²) >= 11 is 0. The van der Waals surface area contributed by atoms with E-state index in [1.54, 1.807) is 11.1 Å². The summed E-state index contributed by atoms with van der Waals surface area (Å²) in [5.41, 5.74) is 0.329. The van der Waals surface area contributed by atoms with Crippen molar-refractivity contribution in [1.29, 1.82) is 0 Å². The Morgan fingerprint density at radius 2 is 1.97 bits per heavy atom. The van der Waals surface area contributed by atoms with Gasteiger partial charge in [0.2, 0.25) is 0 Å². The normalized spacial score (nSPS) is 21.3. The molecule has 0 unspecified atom stereocenters. The number of carbonyl (C=O) groups is 1. The maximum Gasteiger partial charge on any atom is 0.260 e. The van der Waals surface area contributed by atoms with Crippen molar-refractivity contribution in [3.05, 3.63) is 54.2 Å². The Hall–Kier alpha value is -2.68. The topological polar surface area (TPSA) is 87.2 Å². The molecule has 1 atom stereocenters. The number of anilines is 1. The van der Waals surface area contributed by atoms with Crippen LogP contribution < -0.4 is 15.0 Å². The zero-order chi connectivity index (χ0) is 21.5. The van der Waals surface area contributed by atoms with Crippen LogP contribution in [0.4, 0.5) is 5.82 Å². The molecule has 166 valence electrons. The van der Waals surface area contributed by atoms with Gasteiger partial charge in [0.15, 0.2) is 6.61 Å². The van der Waals surface area contributed by atoms with E-state index in [0.29, 0.717) is 58.1 Å². The molecule has 1 amide bonds. The molecule has 8 heteroatoms. The van der Waals surface area contributed by atoms with Gasteiger partial charge in [-0.05, 0) is 36.2 Å². The lowest BCUT2D eigenvalue weighted by Gasteiger charge is -2.26. The van der Waals surface area contributed by atoms with Crippen molar-refractivity contribution in [2.24, 2.45) is 0 Å². The molecule has 2 aromatic rings. The van der Waals surface area contributed by atoms with Gasteiger partial charge in [0.1, 0.15) is 11.6 Å². The summed E-state index contributed by atoms with van der Waals surface area (Å²) in [6.07, 6.45) is 2.48. The van der Waals surface area contributed by atoms with Crippen LogP contribution in [0.5, 0.6) is 5.75 Å². The molecule has 0 spiro atoms. The first kappa shape index (κ1) is 21.5. The first-order valence-corrected chi connectivity index (χ1v) is 10.8. The van der Waals surface area contributed by atoms with Gasteiger partial charge in [-0.15, -0.1) is 0 Å². The van der Waals surface area contributed by atoms with E-state index in [-0.39, 0.29) is 12.5 Å². The number of morpholine rings is 1. The van der Waals surface area contributed by atoms with Crippen LogP contribution in [-0.2, 0) is 16.1 Å². The van der Waals surface area contributed by atoms with Gasteiger partial charge in [-0.1, -0.05) is 18.2 Å². The maximum atomic E-state index is 12.2. The molecule has 0 bridgehead atoms. The fourth-order valence-corrected chi connectivity index (χ4v) is 3.93. The van der Waals surface area contributed by atoms with Crippen LogP contribution >= 0.6 is 0 Å². The Morgan fingerprint density at radius 3 is 2.71 bits per heavy atom. The molecule has 2 saturated heterocycles. The lowest BCUT2D eigenvalue weighted by Crippen LogP contribution is -2.43. The molecule has 0 aliphatic carbocycles. The summed E-state index contributed by atoms with van der Waals surface area (Å²) < 4.78 is 10.9. The molecule has 31 heavy (non-hydrogen) atoms. The Bertz CT molecular complexity index is 842. The van der Waals surface area contributed by atoms with Crippen LogP contribution in [0.1, 0.15) is 12.0 Å². The highest BCUT2D eigenvalue weighted by Crippen LogP contribution is 2.25. The van der Waals surface area contributed by atoms with Gasteiger partial charge in [-0.2, -0.15) is 0 Å². The van der Waals surface area contributed by atoms with E-state index in [9.17, 15) is 9.90 Å². The zero-order valence-corrected chi connectivity index (χ0v) is 17.7. The SMILES string of the molecule is O=C(COc1ccc(CNC[C@]2(O)CCN(c3ccccn3)C2)cc1)N1CCOCC1. The number of hydrogen-bond acceptors (Lipinski definition) is 7. The van der Waals surface area contributed by atoms with Gasteiger partial charge < -0.3 is 29.7 Å². The number of ether oxygens (including phenoxy) is 2. The number of nitrogens with zero attached hydrogens (tertiary/aromatic N) is 3. The van der Waals surface area contributed by atoms with Crippen molar-refractivity contribution in [3.8, 4) is 5.75 Å². The first-order valence-electron chi connectivity index (χ1n) is 10.8. The zero-order valence-electron chi connectivity index (χ0n) is 17.7. The highest BCUT2D eigenvalue weighted by Gasteiger charge is 2.36. The number of β-amino-alcohol motifs (C(OH)–C–C–N with tert-alkyl or cyclic N) is 1. The Labute approximate surface area is 182 Å². The smallest absolute Gasteiger partial charge is 0.260 e. The minimum Gasteiger partial charge on any atom is -0.484 e.